The van der Waals surface area contributed by atoms with Gasteiger partial charge in [-0.1, -0.05) is 41.5 Å². The van der Waals surface area contributed by atoms with E-state index in [1.54, 1.807) is 11.3 Å². The number of rotatable bonds is 0. The van der Waals surface area contributed by atoms with Gasteiger partial charge >= 0.3 is 0 Å². The van der Waals surface area contributed by atoms with Crippen LogP contribution in [0.25, 0.3) is 0 Å². The Morgan fingerprint density at radius 3 is 1.61 bits per heavy atom. The van der Waals surface area contributed by atoms with E-state index in [9.17, 15) is 0 Å². The Balaban J connectivity index is 3.41. The summed E-state index contributed by atoms with van der Waals surface area (Å²) in [6.07, 6.45) is 2.56. The average Bonchev–Trinajstić information content (AvgIpc) is 2.12. The molecule has 0 aromatic rings. The number of hydrogen-bond acceptors (Lipinski definition) is 1. The molecule has 0 aromatic carbocycles. The van der Waals surface area contributed by atoms with E-state index in [0.29, 0.717) is 0 Å². The molecule has 0 saturated carbocycles. The molecule has 18 heavy (non-hydrogen) atoms. The number of allylic oxidation sites excluding steroid dienone is 2. The van der Waals surface area contributed by atoms with E-state index >= 15 is 0 Å². The third-order valence-electron chi connectivity index (χ3n) is 3.79. The molecule has 0 N–H and O–H groups in total. The molecule has 0 amide bonds. The maximum absolute atomic E-state index is 2.65. The molecule has 1 nitrogen and oxygen atoms in total. The predicted molar refractivity (Wildman–Crippen MR) is 81.6 cm³/mol. The second-order valence-electron chi connectivity index (χ2n) is 8.75. The van der Waals surface area contributed by atoms with Crippen LogP contribution in [0.4, 0.5) is 0 Å². The summed E-state index contributed by atoms with van der Waals surface area (Å²) in [5.74, 6) is 0. The summed E-state index contributed by atoms with van der Waals surface area (Å²) in [5.41, 5.74) is 3.99. The molecular weight excluding hydrogens is 218 g/mol. The molecule has 106 valence electrons. The van der Waals surface area contributed by atoms with Gasteiger partial charge in [-0.3, -0.25) is 0 Å². The van der Waals surface area contributed by atoms with Crippen molar-refractivity contribution in [1.29, 1.82) is 0 Å². The average molecular weight is 251 g/mol. The Bertz CT molecular complexity index is 328. The molecule has 1 aliphatic heterocycles. The summed E-state index contributed by atoms with van der Waals surface area (Å²) < 4.78 is 0. The van der Waals surface area contributed by atoms with Crippen LogP contribution in [0.1, 0.15) is 75.2 Å². The zero-order chi connectivity index (χ0) is 14.4. The van der Waals surface area contributed by atoms with Gasteiger partial charge in [-0.15, -0.1) is 0 Å². The zero-order valence-electron chi connectivity index (χ0n) is 14.1. The predicted octanol–water partition coefficient (Wildman–Crippen LogP) is 5.23. The zero-order valence-corrected chi connectivity index (χ0v) is 14.1. The minimum atomic E-state index is 0.222. The highest BCUT2D eigenvalue weighted by Crippen LogP contribution is 2.45. The van der Waals surface area contributed by atoms with E-state index in [-0.39, 0.29) is 16.4 Å². The highest BCUT2D eigenvalue weighted by atomic mass is 15.2. The Morgan fingerprint density at radius 2 is 1.28 bits per heavy atom. The molecule has 1 rings (SSSR count). The van der Waals surface area contributed by atoms with Crippen molar-refractivity contribution in [3.8, 4) is 0 Å². The molecule has 0 unspecified atom stereocenters. The number of nitrogens with zero attached hydrogens (tertiary/aromatic N) is 1. The van der Waals surface area contributed by atoms with E-state index in [1.165, 1.54) is 19.4 Å². The minimum absolute atomic E-state index is 0.222. The van der Waals surface area contributed by atoms with Crippen molar-refractivity contribution in [2.75, 3.05) is 6.54 Å². The lowest BCUT2D eigenvalue weighted by Crippen LogP contribution is -2.48. The standard InChI is InChI=1S/C17H33N/c1-15(2,3)13-11-10-12-18(17(7,8)9)14(13)16(4,5)6/h10-12H2,1-9H3. The molecule has 0 aliphatic carbocycles. The highest BCUT2D eigenvalue weighted by Gasteiger charge is 2.37. The smallest absolute Gasteiger partial charge is 0.0315 e. The summed E-state index contributed by atoms with van der Waals surface area (Å²) in [4.78, 5) is 2.65. The summed E-state index contributed by atoms with van der Waals surface area (Å²) in [5, 5.41) is 0. The second kappa shape index (κ2) is 4.58. The van der Waals surface area contributed by atoms with Crippen molar-refractivity contribution in [2.45, 2.75) is 80.7 Å². The maximum atomic E-state index is 2.65. The van der Waals surface area contributed by atoms with Gasteiger partial charge in [0.15, 0.2) is 0 Å². The SMILES string of the molecule is CC(C)(C)C1=C(C(C)(C)C)N(C(C)(C)C)CCC1. The van der Waals surface area contributed by atoms with Crippen LogP contribution in [-0.2, 0) is 0 Å². The lowest BCUT2D eigenvalue weighted by molar-refractivity contribution is 0.125. The molecule has 1 heterocycles. The molecule has 0 radical (unpaired) electrons. The van der Waals surface area contributed by atoms with Crippen molar-refractivity contribution >= 4 is 0 Å². The monoisotopic (exact) mass is 251 g/mol. The van der Waals surface area contributed by atoms with Gasteiger partial charge in [0.2, 0.25) is 0 Å². The Morgan fingerprint density at radius 1 is 0.778 bits per heavy atom. The first-order chi connectivity index (χ1) is 7.85. The molecule has 1 heteroatoms. The normalized spacial score (nSPS) is 19.5. The largest absolute Gasteiger partial charge is 0.370 e. The van der Waals surface area contributed by atoms with E-state index in [1.807, 2.05) is 0 Å². The topological polar surface area (TPSA) is 3.24 Å². The van der Waals surface area contributed by atoms with Gasteiger partial charge in [0.05, 0.1) is 0 Å². The molecular formula is C17H33N. The molecule has 0 saturated heterocycles. The molecule has 0 bridgehead atoms. The van der Waals surface area contributed by atoms with Crippen LogP contribution in [0.3, 0.4) is 0 Å². The first-order valence-corrected chi connectivity index (χ1v) is 7.37. The van der Waals surface area contributed by atoms with Crippen LogP contribution >= 0.6 is 0 Å². The first-order valence-electron chi connectivity index (χ1n) is 7.37. The number of hydrogen-bond donors (Lipinski definition) is 0. The molecule has 0 spiro atoms. The minimum Gasteiger partial charge on any atom is -0.370 e. The van der Waals surface area contributed by atoms with Crippen molar-refractivity contribution in [3.05, 3.63) is 11.3 Å². The van der Waals surface area contributed by atoms with Crippen LogP contribution in [0.2, 0.25) is 0 Å². The van der Waals surface area contributed by atoms with Crippen molar-refractivity contribution < 1.29 is 0 Å². The van der Waals surface area contributed by atoms with Gasteiger partial charge in [0.25, 0.3) is 0 Å². The maximum Gasteiger partial charge on any atom is 0.0315 e. The summed E-state index contributed by atoms with van der Waals surface area (Å²) in [7, 11) is 0. The summed E-state index contributed by atoms with van der Waals surface area (Å²) in [6, 6.07) is 0. The van der Waals surface area contributed by atoms with Gasteiger partial charge in [0, 0.05) is 23.2 Å². The van der Waals surface area contributed by atoms with Gasteiger partial charge in [0.1, 0.15) is 0 Å². The van der Waals surface area contributed by atoms with Gasteiger partial charge in [-0.2, -0.15) is 0 Å². The fraction of sp³-hybridized carbons (Fsp3) is 0.882. The Kier molecular flexibility index (Phi) is 3.97. The Labute approximate surface area is 115 Å². The quantitative estimate of drug-likeness (QED) is 0.570. The van der Waals surface area contributed by atoms with Crippen LogP contribution in [0.15, 0.2) is 11.3 Å². The van der Waals surface area contributed by atoms with Crippen molar-refractivity contribution in [3.63, 3.8) is 0 Å². The van der Waals surface area contributed by atoms with Gasteiger partial charge < -0.3 is 4.90 Å². The molecule has 1 aliphatic rings. The van der Waals surface area contributed by atoms with Crippen molar-refractivity contribution in [1.82, 2.24) is 4.90 Å². The highest BCUT2D eigenvalue weighted by molar-refractivity contribution is 5.27. The Hall–Kier alpha value is -0.460. The van der Waals surface area contributed by atoms with Crippen LogP contribution < -0.4 is 0 Å². The van der Waals surface area contributed by atoms with Gasteiger partial charge in [-0.05, 0) is 44.6 Å². The van der Waals surface area contributed by atoms with Crippen LogP contribution in [-0.4, -0.2) is 17.0 Å². The van der Waals surface area contributed by atoms with Crippen LogP contribution in [0, 0.1) is 10.8 Å². The third-order valence-corrected chi connectivity index (χ3v) is 3.79. The lowest BCUT2D eigenvalue weighted by Gasteiger charge is -2.50. The van der Waals surface area contributed by atoms with E-state index < -0.39 is 0 Å². The fourth-order valence-electron chi connectivity index (χ4n) is 3.07. The summed E-state index contributed by atoms with van der Waals surface area (Å²) in [6.45, 7) is 22.4. The second-order valence-corrected chi connectivity index (χ2v) is 8.75. The fourth-order valence-corrected chi connectivity index (χ4v) is 3.07. The molecule has 0 atom stereocenters. The van der Waals surface area contributed by atoms with E-state index in [0.717, 1.165) is 0 Å². The third kappa shape index (κ3) is 3.30. The van der Waals surface area contributed by atoms with Crippen molar-refractivity contribution in [2.24, 2.45) is 10.8 Å². The van der Waals surface area contributed by atoms with E-state index in [4.69, 9.17) is 0 Å². The molecule has 0 aromatic heterocycles. The lowest BCUT2D eigenvalue weighted by atomic mass is 9.73. The van der Waals surface area contributed by atoms with Crippen LogP contribution in [0.5, 0.6) is 0 Å². The van der Waals surface area contributed by atoms with E-state index in [2.05, 4.69) is 67.2 Å². The first kappa shape index (κ1) is 15.6. The molecule has 0 fully saturated rings. The van der Waals surface area contributed by atoms with Gasteiger partial charge in [-0.25, -0.2) is 0 Å². The summed E-state index contributed by atoms with van der Waals surface area (Å²) >= 11 is 0.